The number of hydrazone groups is 1. The summed E-state index contributed by atoms with van der Waals surface area (Å²) >= 11 is 6.00. The van der Waals surface area contributed by atoms with Crippen molar-refractivity contribution in [3.63, 3.8) is 0 Å². The molecule has 0 aliphatic carbocycles. The van der Waals surface area contributed by atoms with Gasteiger partial charge in [0.25, 0.3) is 5.91 Å². The first-order valence-electron chi connectivity index (χ1n) is 9.79. The lowest BCUT2D eigenvalue weighted by Crippen LogP contribution is -2.35. The van der Waals surface area contributed by atoms with E-state index >= 15 is 0 Å². The standard InChI is InChI=1S/C25H22ClN3O/c1-16-13-20(26)11-12-24(16)28-17(2)25(30)29-27-15-23-21-9-5-3-7-18(21)14-19-8-4-6-10-22(19)23/h3-15,17,28H,1-2H3,(H,29,30)/b27-15-/t17-/m1/s1. The smallest absolute Gasteiger partial charge is 0.262 e. The van der Waals surface area contributed by atoms with Crippen LogP contribution in [0.4, 0.5) is 5.69 Å². The first-order chi connectivity index (χ1) is 14.5. The van der Waals surface area contributed by atoms with Gasteiger partial charge in [-0.3, -0.25) is 4.79 Å². The molecule has 0 bridgehead atoms. The Kier molecular flexibility index (Phi) is 5.68. The third-order valence-electron chi connectivity index (χ3n) is 5.14. The number of fused-ring (bicyclic) bond motifs is 2. The van der Waals surface area contributed by atoms with E-state index in [0.29, 0.717) is 5.02 Å². The van der Waals surface area contributed by atoms with Crippen LogP contribution in [-0.4, -0.2) is 18.2 Å². The normalized spacial score (nSPS) is 12.4. The Bertz CT molecular complexity index is 1210. The van der Waals surface area contributed by atoms with E-state index < -0.39 is 6.04 Å². The fourth-order valence-electron chi connectivity index (χ4n) is 3.53. The molecule has 0 radical (unpaired) electrons. The zero-order valence-electron chi connectivity index (χ0n) is 16.8. The number of anilines is 1. The van der Waals surface area contributed by atoms with Gasteiger partial charge in [-0.1, -0.05) is 60.1 Å². The van der Waals surface area contributed by atoms with Crippen molar-refractivity contribution < 1.29 is 4.79 Å². The molecule has 0 aromatic heterocycles. The van der Waals surface area contributed by atoms with Gasteiger partial charge in [0.05, 0.1) is 6.21 Å². The molecule has 30 heavy (non-hydrogen) atoms. The van der Waals surface area contributed by atoms with Crippen LogP contribution in [0.15, 0.2) is 77.9 Å². The van der Waals surface area contributed by atoms with Crippen LogP contribution >= 0.6 is 11.6 Å². The second kappa shape index (κ2) is 8.56. The van der Waals surface area contributed by atoms with Gasteiger partial charge in [0.15, 0.2) is 0 Å². The molecule has 2 N–H and O–H groups in total. The molecule has 0 spiro atoms. The second-order valence-corrected chi connectivity index (χ2v) is 7.73. The molecule has 0 unspecified atom stereocenters. The van der Waals surface area contributed by atoms with E-state index in [1.54, 1.807) is 19.2 Å². The van der Waals surface area contributed by atoms with Gasteiger partial charge < -0.3 is 5.32 Å². The Labute approximate surface area is 180 Å². The van der Waals surface area contributed by atoms with Gasteiger partial charge in [0.1, 0.15) is 6.04 Å². The Morgan fingerprint density at radius 2 is 1.60 bits per heavy atom. The van der Waals surface area contributed by atoms with Crippen molar-refractivity contribution in [2.75, 3.05) is 5.32 Å². The molecule has 0 fully saturated rings. The lowest BCUT2D eigenvalue weighted by atomic mass is 9.97. The zero-order valence-corrected chi connectivity index (χ0v) is 17.6. The number of amides is 1. The summed E-state index contributed by atoms with van der Waals surface area (Å²) in [5.41, 5.74) is 5.48. The van der Waals surface area contributed by atoms with E-state index in [1.807, 2.05) is 43.3 Å². The Morgan fingerprint density at radius 1 is 0.967 bits per heavy atom. The van der Waals surface area contributed by atoms with Crippen molar-refractivity contribution in [1.29, 1.82) is 0 Å². The lowest BCUT2D eigenvalue weighted by Gasteiger charge is -2.15. The summed E-state index contributed by atoms with van der Waals surface area (Å²) in [6.45, 7) is 3.74. The van der Waals surface area contributed by atoms with Gasteiger partial charge in [0, 0.05) is 16.3 Å². The van der Waals surface area contributed by atoms with Crippen LogP contribution in [0.3, 0.4) is 0 Å². The summed E-state index contributed by atoms with van der Waals surface area (Å²) in [6, 6.07) is 23.6. The summed E-state index contributed by atoms with van der Waals surface area (Å²) in [4.78, 5) is 12.5. The van der Waals surface area contributed by atoms with Crippen LogP contribution in [-0.2, 0) is 4.79 Å². The fourth-order valence-corrected chi connectivity index (χ4v) is 3.76. The van der Waals surface area contributed by atoms with Gasteiger partial charge in [-0.15, -0.1) is 0 Å². The predicted octanol–water partition coefficient (Wildman–Crippen LogP) is 5.91. The van der Waals surface area contributed by atoms with E-state index in [-0.39, 0.29) is 5.91 Å². The van der Waals surface area contributed by atoms with Crippen molar-refractivity contribution in [3.8, 4) is 0 Å². The minimum absolute atomic E-state index is 0.217. The van der Waals surface area contributed by atoms with Crippen molar-refractivity contribution in [2.45, 2.75) is 19.9 Å². The fraction of sp³-hybridized carbons (Fsp3) is 0.120. The summed E-state index contributed by atoms with van der Waals surface area (Å²) in [7, 11) is 0. The van der Waals surface area contributed by atoms with Crippen LogP contribution in [0.5, 0.6) is 0 Å². The van der Waals surface area contributed by atoms with Crippen molar-refractivity contribution >= 4 is 51.0 Å². The molecule has 4 aromatic rings. The average Bonchev–Trinajstić information content (AvgIpc) is 2.75. The topological polar surface area (TPSA) is 53.5 Å². The van der Waals surface area contributed by atoms with Crippen LogP contribution in [0.1, 0.15) is 18.1 Å². The molecule has 1 amide bonds. The Morgan fingerprint density at radius 3 is 2.23 bits per heavy atom. The summed E-state index contributed by atoms with van der Waals surface area (Å²) < 4.78 is 0. The lowest BCUT2D eigenvalue weighted by molar-refractivity contribution is -0.121. The number of benzene rings is 4. The highest BCUT2D eigenvalue weighted by atomic mass is 35.5. The van der Waals surface area contributed by atoms with Crippen LogP contribution < -0.4 is 10.7 Å². The summed E-state index contributed by atoms with van der Waals surface area (Å²) in [6.07, 6.45) is 1.73. The first kappa shape index (κ1) is 19.9. The average molecular weight is 416 g/mol. The largest absolute Gasteiger partial charge is 0.374 e. The highest BCUT2D eigenvalue weighted by molar-refractivity contribution is 6.30. The van der Waals surface area contributed by atoms with E-state index in [0.717, 1.165) is 38.4 Å². The van der Waals surface area contributed by atoms with Gasteiger partial charge in [-0.25, -0.2) is 5.43 Å². The molecule has 0 saturated carbocycles. The van der Waals surface area contributed by atoms with Crippen LogP contribution in [0, 0.1) is 6.92 Å². The summed E-state index contributed by atoms with van der Waals surface area (Å²) in [5, 5.41) is 12.6. The van der Waals surface area contributed by atoms with Crippen molar-refractivity contribution in [3.05, 3.63) is 88.9 Å². The Balaban J connectivity index is 1.55. The zero-order chi connectivity index (χ0) is 21.1. The molecule has 0 heterocycles. The van der Waals surface area contributed by atoms with E-state index in [9.17, 15) is 4.79 Å². The number of nitrogens with zero attached hydrogens (tertiary/aromatic N) is 1. The highest BCUT2D eigenvalue weighted by Crippen LogP contribution is 2.27. The minimum Gasteiger partial charge on any atom is -0.374 e. The third-order valence-corrected chi connectivity index (χ3v) is 5.37. The van der Waals surface area contributed by atoms with Gasteiger partial charge >= 0.3 is 0 Å². The number of carbonyl (C=O) groups is 1. The third kappa shape index (κ3) is 4.14. The molecule has 0 saturated heterocycles. The Hall–Kier alpha value is -3.37. The number of hydrogen-bond acceptors (Lipinski definition) is 3. The quantitative estimate of drug-likeness (QED) is 0.242. The molecule has 4 nitrogen and oxygen atoms in total. The number of aryl methyl sites for hydroxylation is 1. The predicted molar refractivity (Wildman–Crippen MR) is 126 cm³/mol. The monoisotopic (exact) mass is 415 g/mol. The minimum atomic E-state index is -0.453. The molecular weight excluding hydrogens is 394 g/mol. The maximum atomic E-state index is 12.5. The van der Waals surface area contributed by atoms with Gasteiger partial charge in [-0.2, -0.15) is 5.10 Å². The molecule has 0 aliphatic rings. The number of carbonyl (C=O) groups excluding carboxylic acids is 1. The van der Waals surface area contributed by atoms with E-state index in [4.69, 9.17) is 11.6 Å². The first-order valence-corrected chi connectivity index (χ1v) is 10.2. The maximum Gasteiger partial charge on any atom is 0.262 e. The molecule has 5 heteroatoms. The van der Waals surface area contributed by atoms with Crippen LogP contribution in [0.25, 0.3) is 21.5 Å². The molecule has 150 valence electrons. The molecule has 4 aromatic carbocycles. The highest BCUT2D eigenvalue weighted by Gasteiger charge is 2.13. The number of nitrogens with one attached hydrogen (secondary N) is 2. The van der Waals surface area contributed by atoms with Crippen LogP contribution in [0.2, 0.25) is 5.02 Å². The van der Waals surface area contributed by atoms with Crippen molar-refractivity contribution in [2.24, 2.45) is 5.10 Å². The number of hydrogen-bond donors (Lipinski definition) is 2. The SMILES string of the molecule is Cc1cc(Cl)ccc1N[C@H](C)C(=O)N/N=C\c1c2ccccc2cc2ccccc12. The van der Waals surface area contributed by atoms with E-state index in [1.165, 1.54) is 0 Å². The van der Waals surface area contributed by atoms with E-state index in [2.05, 4.69) is 46.2 Å². The molecular formula is C25H22ClN3O. The molecule has 0 aliphatic heterocycles. The summed E-state index contributed by atoms with van der Waals surface area (Å²) in [5.74, 6) is -0.217. The molecule has 4 rings (SSSR count). The number of rotatable bonds is 5. The molecule has 1 atom stereocenters. The number of halogens is 1. The maximum absolute atomic E-state index is 12.5. The van der Waals surface area contributed by atoms with Crippen molar-refractivity contribution in [1.82, 2.24) is 5.43 Å². The second-order valence-electron chi connectivity index (χ2n) is 7.29. The van der Waals surface area contributed by atoms with Gasteiger partial charge in [0.2, 0.25) is 0 Å². The van der Waals surface area contributed by atoms with Gasteiger partial charge in [-0.05, 0) is 65.2 Å².